The maximum atomic E-state index is 4.34. The van der Waals surface area contributed by atoms with Crippen LogP contribution >= 0.6 is 0 Å². The summed E-state index contributed by atoms with van der Waals surface area (Å²) >= 11 is 0. The molecule has 1 heterocycles. The molecule has 1 aliphatic heterocycles. The Balaban J connectivity index is 0.00000243. The lowest BCUT2D eigenvalue weighted by Gasteiger charge is -2.37. The monoisotopic (exact) mass is 612 g/mol. The summed E-state index contributed by atoms with van der Waals surface area (Å²) in [5.41, 5.74) is 7.89. The summed E-state index contributed by atoms with van der Waals surface area (Å²) in [4.78, 5) is 2.50. The zero-order valence-electron chi connectivity index (χ0n) is 31.1. The minimum atomic E-state index is 0.0728. The van der Waals surface area contributed by atoms with Crippen LogP contribution in [-0.2, 0) is 0 Å². The molecule has 0 N–H and O–H groups in total. The zero-order valence-corrected chi connectivity index (χ0v) is 31.1. The van der Waals surface area contributed by atoms with Gasteiger partial charge in [0.1, 0.15) is 0 Å². The van der Waals surface area contributed by atoms with E-state index in [9.17, 15) is 0 Å². The van der Waals surface area contributed by atoms with E-state index in [-0.39, 0.29) is 10.8 Å². The third-order valence-electron chi connectivity index (χ3n) is 9.73. The number of hydrogen-bond donors (Lipinski definition) is 0. The van der Waals surface area contributed by atoms with E-state index in [2.05, 4.69) is 141 Å². The molecule has 3 aliphatic rings. The number of allylic oxidation sites excluding steroid dienone is 13. The van der Waals surface area contributed by atoms with Gasteiger partial charge in [0, 0.05) is 19.3 Å². The standard InChI is InChI=1S/C40H61N.C2H6.C2H2/c1-10-12-13-14-17-26-38(3,4)31-34(33-21-20-22-33)30-37-32(11-2)23-24-35-36(25-29-41(37)9)40(7,8)28-19-16-15-18-27-39(35,5)6;2*1-2/h11-13,15-16,18-19,24-25,30,33H,2,10,14,17,20-23,26-29,31H2,1,3-9H3;1-2H3;1-2H/b13-12-,18-15-,19-16-,34-30+,35-24+,36-25+,37-32-;;. The van der Waals surface area contributed by atoms with E-state index in [4.69, 9.17) is 0 Å². The molecule has 250 valence electrons. The van der Waals surface area contributed by atoms with Crippen LogP contribution < -0.4 is 0 Å². The second-order valence-corrected chi connectivity index (χ2v) is 14.9. The van der Waals surface area contributed by atoms with Gasteiger partial charge in [0.05, 0.1) is 0 Å². The van der Waals surface area contributed by atoms with E-state index in [1.807, 2.05) is 13.8 Å². The van der Waals surface area contributed by atoms with Crippen LogP contribution in [0.3, 0.4) is 0 Å². The molecule has 0 spiro atoms. The molecule has 3 rings (SSSR count). The van der Waals surface area contributed by atoms with Gasteiger partial charge in [0.2, 0.25) is 0 Å². The smallest absolute Gasteiger partial charge is 0.0401 e. The Morgan fingerprint density at radius 3 is 2.07 bits per heavy atom. The van der Waals surface area contributed by atoms with E-state index >= 15 is 0 Å². The van der Waals surface area contributed by atoms with E-state index in [0.29, 0.717) is 5.41 Å². The Labute approximate surface area is 281 Å². The van der Waals surface area contributed by atoms with Crippen molar-refractivity contribution >= 4 is 0 Å². The molecule has 1 fully saturated rings. The predicted octanol–water partition coefficient (Wildman–Crippen LogP) is 13.1. The summed E-state index contributed by atoms with van der Waals surface area (Å²) < 4.78 is 0. The number of nitrogens with zero attached hydrogens (tertiary/aromatic N) is 1. The van der Waals surface area contributed by atoms with Crippen LogP contribution in [0.4, 0.5) is 0 Å². The Kier molecular flexibility index (Phi) is 17.7. The lowest BCUT2D eigenvalue weighted by molar-refractivity contribution is 0.280. The quantitative estimate of drug-likeness (QED) is 0.135. The number of rotatable bonds is 10. The molecule has 1 saturated carbocycles. The molecule has 0 radical (unpaired) electrons. The first kappa shape index (κ1) is 40.3. The highest BCUT2D eigenvalue weighted by Crippen LogP contribution is 2.47. The molecule has 45 heavy (non-hydrogen) atoms. The highest BCUT2D eigenvalue weighted by molar-refractivity contribution is 5.45. The fraction of sp³-hybridized carbons (Fsp3) is 0.591. The van der Waals surface area contributed by atoms with Gasteiger partial charge < -0.3 is 4.90 Å². The molecule has 1 heteroatoms. The molecule has 0 aromatic heterocycles. The number of likely N-dealkylation sites (N-methyl/N-ethyl adjacent to an activating group) is 1. The van der Waals surface area contributed by atoms with Crippen LogP contribution in [0.15, 0.2) is 95.3 Å². The summed E-state index contributed by atoms with van der Waals surface area (Å²) in [5.74, 6) is 0.740. The van der Waals surface area contributed by atoms with Crippen LogP contribution in [0.2, 0.25) is 0 Å². The Morgan fingerprint density at radius 1 is 0.978 bits per heavy atom. The molecule has 0 amide bonds. The van der Waals surface area contributed by atoms with Gasteiger partial charge in [-0.15, -0.1) is 12.8 Å². The SMILES string of the molecule is C#C.C=C/C1=C(\C=C(/CC(C)(C)CCC/C=C\CC)C2CCC2)N(C)C/C=C2\C(=C/C1)C(C)(C)C/C=C\C=C/CC2(C)C.CC. The van der Waals surface area contributed by atoms with Crippen LogP contribution in [0, 0.1) is 35.0 Å². The van der Waals surface area contributed by atoms with Crippen molar-refractivity contribution in [2.24, 2.45) is 22.2 Å². The van der Waals surface area contributed by atoms with Crippen molar-refractivity contribution < 1.29 is 0 Å². The van der Waals surface area contributed by atoms with Gasteiger partial charge in [-0.05, 0) is 109 Å². The molecule has 1 nitrogen and oxygen atoms in total. The van der Waals surface area contributed by atoms with E-state index in [1.54, 1.807) is 5.57 Å². The molecular weight excluding hydrogens is 542 g/mol. The van der Waals surface area contributed by atoms with Crippen LogP contribution in [0.25, 0.3) is 0 Å². The number of hydrogen-bond acceptors (Lipinski definition) is 1. The fourth-order valence-corrected chi connectivity index (χ4v) is 6.77. The average Bonchev–Trinajstić information content (AvgIpc) is 3.04. The van der Waals surface area contributed by atoms with Crippen molar-refractivity contribution in [1.82, 2.24) is 4.90 Å². The van der Waals surface area contributed by atoms with Crippen LogP contribution in [0.5, 0.6) is 0 Å². The van der Waals surface area contributed by atoms with Crippen LogP contribution in [0.1, 0.15) is 133 Å². The normalized spacial score (nSPS) is 25.9. The van der Waals surface area contributed by atoms with Crippen molar-refractivity contribution in [3.05, 3.63) is 95.3 Å². The summed E-state index contributed by atoms with van der Waals surface area (Å²) in [7, 11) is 2.29. The fourth-order valence-electron chi connectivity index (χ4n) is 6.77. The first-order chi connectivity index (χ1) is 21.4. The van der Waals surface area contributed by atoms with Crippen molar-refractivity contribution in [2.75, 3.05) is 13.6 Å². The van der Waals surface area contributed by atoms with Crippen molar-refractivity contribution in [3.8, 4) is 12.8 Å². The number of terminal acetylenes is 1. The average molecular weight is 612 g/mol. The second kappa shape index (κ2) is 19.7. The topological polar surface area (TPSA) is 3.24 Å². The first-order valence-electron chi connectivity index (χ1n) is 17.9. The van der Waals surface area contributed by atoms with Gasteiger partial charge >= 0.3 is 0 Å². The van der Waals surface area contributed by atoms with Crippen molar-refractivity contribution in [2.45, 2.75) is 133 Å². The van der Waals surface area contributed by atoms with Gasteiger partial charge in [-0.1, -0.05) is 136 Å². The van der Waals surface area contributed by atoms with Gasteiger partial charge in [-0.2, -0.15) is 0 Å². The van der Waals surface area contributed by atoms with Gasteiger partial charge in [0.15, 0.2) is 0 Å². The Bertz CT molecular complexity index is 1150. The molecule has 0 bridgehead atoms. The van der Waals surface area contributed by atoms with Gasteiger partial charge in [0.25, 0.3) is 0 Å². The largest absolute Gasteiger partial charge is 0.371 e. The highest BCUT2D eigenvalue weighted by Gasteiger charge is 2.34. The Morgan fingerprint density at radius 2 is 1.56 bits per heavy atom. The molecule has 0 saturated heterocycles. The van der Waals surface area contributed by atoms with Crippen LogP contribution in [-0.4, -0.2) is 18.5 Å². The van der Waals surface area contributed by atoms with Gasteiger partial charge in [-0.25, -0.2) is 0 Å². The van der Waals surface area contributed by atoms with Crippen molar-refractivity contribution in [3.63, 3.8) is 0 Å². The minimum Gasteiger partial charge on any atom is -0.371 e. The number of fused-ring (bicyclic) bond motifs is 1. The third-order valence-corrected chi connectivity index (χ3v) is 9.73. The maximum absolute atomic E-state index is 4.34. The summed E-state index contributed by atoms with van der Waals surface area (Å²) in [6, 6.07) is 0. The molecular formula is C44H69N. The van der Waals surface area contributed by atoms with E-state index in [1.165, 1.54) is 67.4 Å². The Hall–Kier alpha value is -2.72. The minimum absolute atomic E-state index is 0.0728. The summed E-state index contributed by atoms with van der Waals surface area (Å²) in [6.07, 6.45) is 44.8. The lowest BCUT2D eigenvalue weighted by atomic mass is 9.67. The summed E-state index contributed by atoms with van der Waals surface area (Å²) in [6.45, 7) is 26.2. The molecule has 0 aromatic carbocycles. The lowest BCUT2D eigenvalue weighted by Crippen LogP contribution is -2.26. The number of unbranched alkanes of at least 4 members (excludes halogenated alkanes) is 1. The predicted molar refractivity (Wildman–Crippen MR) is 204 cm³/mol. The first-order valence-corrected chi connectivity index (χ1v) is 17.9. The zero-order chi connectivity index (χ0) is 34.1. The molecule has 2 aliphatic carbocycles. The molecule has 0 unspecified atom stereocenters. The summed E-state index contributed by atoms with van der Waals surface area (Å²) in [5, 5.41) is 0. The van der Waals surface area contributed by atoms with E-state index in [0.717, 1.165) is 38.1 Å². The molecule has 0 atom stereocenters. The van der Waals surface area contributed by atoms with E-state index < -0.39 is 0 Å². The van der Waals surface area contributed by atoms with Crippen molar-refractivity contribution in [1.29, 1.82) is 0 Å². The molecule has 0 aromatic rings. The van der Waals surface area contributed by atoms with Gasteiger partial charge in [-0.3, -0.25) is 0 Å². The maximum Gasteiger partial charge on any atom is 0.0401 e. The highest BCUT2D eigenvalue weighted by atomic mass is 15.1. The third kappa shape index (κ3) is 12.5. The second-order valence-electron chi connectivity index (χ2n) is 14.9.